The van der Waals surface area contributed by atoms with Gasteiger partial charge in [-0.1, -0.05) is 6.07 Å². The number of halogens is 3. The third-order valence-corrected chi connectivity index (χ3v) is 4.66. The molecular weight excluding hydrogens is 349 g/mol. The number of nitro groups is 1. The van der Waals surface area contributed by atoms with E-state index in [2.05, 4.69) is 4.72 Å². The van der Waals surface area contributed by atoms with Crippen molar-refractivity contribution in [2.75, 3.05) is 4.72 Å². The van der Waals surface area contributed by atoms with E-state index in [1.165, 1.54) is 13.0 Å². The fraction of sp³-hybridized carbons (Fsp3) is 0.143. The first-order valence-electron chi connectivity index (χ1n) is 6.46. The summed E-state index contributed by atoms with van der Waals surface area (Å²) in [6.45, 7) is 1.45. The molecule has 2 aromatic rings. The van der Waals surface area contributed by atoms with Crippen molar-refractivity contribution in [3.05, 3.63) is 63.7 Å². The molecule has 0 saturated heterocycles. The first-order valence-corrected chi connectivity index (χ1v) is 7.94. The standard InChI is InChI=1S/C14H11F3N2O4S/c1-9-2-7-12(19(20)21)8-13(9)24(22,23)18-11-5-3-10(4-6-11)14(15,16)17/h2-8,18H,1H3. The molecule has 24 heavy (non-hydrogen) atoms. The van der Waals surface area contributed by atoms with E-state index in [-0.39, 0.29) is 16.1 Å². The Morgan fingerprint density at radius 3 is 2.17 bits per heavy atom. The fourth-order valence-electron chi connectivity index (χ4n) is 1.93. The number of sulfonamides is 1. The summed E-state index contributed by atoms with van der Waals surface area (Å²) >= 11 is 0. The smallest absolute Gasteiger partial charge is 0.280 e. The molecule has 0 bridgehead atoms. The highest BCUT2D eigenvalue weighted by molar-refractivity contribution is 7.92. The van der Waals surface area contributed by atoms with Gasteiger partial charge in [-0.2, -0.15) is 13.2 Å². The molecule has 1 N–H and O–H groups in total. The zero-order chi connectivity index (χ0) is 18.1. The van der Waals surface area contributed by atoms with Crippen LogP contribution < -0.4 is 4.72 Å². The van der Waals surface area contributed by atoms with E-state index in [0.717, 1.165) is 36.4 Å². The number of nitrogens with zero attached hydrogens (tertiary/aromatic N) is 1. The molecule has 0 aliphatic rings. The van der Waals surface area contributed by atoms with Crippen LogP contribution in [0.5, 0.6) is 0 Å². The van der Waals surface area contributed by atoms with Gasteiger partial charge in [0.25, 0.3) is 15.7 Å². The molecule has 0 spiro atoms. The molecule has 2 aromatic carbocycles. The molecule has 10 heteroatoms. The van der Waals surface area contributed by atoms with Crippen molar-refractivity contribution < 1.29 is 26.5 Å². The van der Waals surface area contributed by atoms with Crippen LogP contribution in [-0.2, 0) is 16.2 Å². The number of hydrogen-bond acceptors (Lipinski definition) is 4. The van der Waals surface area contributed by atoms with Gasteiger partial charge in [0, 0.05) is 17.8 Å². The largest absolute Gasteiger partial charge is 0.416 e. The number of aryl methyl sites for hydroxylation is 1. The number of anilines is 1. The van der Waals surface area contributed by atoms with Gasteiger partial charge in [0.05, 0.1) is 15.4 Å². The summed E-state index contributed by atoms with van der Waals surface area (Å²) in [6, 6.07) is 6.73. The summed E-state index contributed by atoms with van der Waals surface area (Å²) < 4.78 is 64.2. The van der Waals surface area contributed by atoms with Crippen molar-refractivity contribution in [2.24, 2.45) is 0 Å². The van der Waals surface area contributed by atoms with Crippen molar-refractivity contribution in [3.63, 3.8) is 0 Å². The van der Waals surface area contributed by atoms with E-state index < -0.39 is 32.4 Å². The van der Waals surface area contributed by atoms with Crippen molar-refractivity contribution in [1.82, 2.24) is 0 Å². The Hall–Kier alpha value is -2.62. The lowest BCUT2D eigenvalue weighted by atomic mass is 10.2. The molecule has 6 nitrogen and oxygen atoms in total. The number of nitrogens with one attached hydrogen (secondary N) is 1. The molecule has 0 saturated carbocycles. The Morgan fingerprint density at radius 1 is 1.08 bits per heavy atom. The SMILES string of the molecule is Cc1ccc([N+](=O)[O-])cc1S(=O)(=O)Nc1ccc(C(F)(F)F)cc1. The number of non-ortho nitro benzene ring substituents is 1. The summed E-state index contributed by atoms with van der Waals surface area (Å²) in [6.07, 6.45) is -4.53. The summed E-state index contributed by atoms with van der Waals surface area (Å²) in [5.41, 5.74) is -1.15. The average molecular weight is 360 g/mol. The second-order valence-electron chi connectivity index (χ2n) is 4.89. The minimum absolute atomic E-state index is 0.0890. The highest BCUT2D eigenvalue weighted by atomic mass is 32.2. The van der Waals surface area contributed by atoms with Crippen LogP contribution in [-0.4, -0.2) is 13.3 Å². The van der Waals surface area contributed by atoms with Crippen LogP contribution in [0.4, 0.5) is 24.5 Å². The van der Waals surface area contributed by atoms with Crippen LogP contribution in [0.2, 0.25) is 0 Å². The molecule has 2 rings (SSSR count). The summed E-state index contributed by atoms with van der Waals surface area (Å²) in [4.78, 5) is 9.70. The lowest BCUT2D eigenvalue weighted by Crippen LogP contribution is -2.15. The predicted octanol–water partition coefficient (Wildman–Crippen LogP) is 3.72. The average Bonchev–Trinajstić information content (AvgIpc) is 2.46. The first kappa shape index (κ1) is 17.7. The second-order valence-corrected chi connectivity index (χ2v) is 6.54. The minimum atomic E-state index is -4.53. The number of nitro benzene ring substituents is 1. The molecule has 0 aromatic heterocycles. The number of benzene rings is 2. The van der Waals surface area contributed by atoms with Crippen molar-refractivity contribution in [1.29, 1.82) is 0 Å². The lowest BCUT2D eigenvalue weighted by molar-refractivity contribution is -0.385. The summed E-state index contributed by atoms with van der Waals surface area (Å²) in [5.74, 6) is 0. The molecule has 0 aliphatic heterocycles. The summed E-state index contributed by atoms with van der Waals surface area (Å²) in [7, 11) is -4.18. The third kappa shape index (κ3) is 3.82. The quantitative estimate of drug-likeness (QED) is 0.665. The van der Waals surface area contributed by atoms with Gasteiger partial charge in [-0.3, -0.25) is 14.8 Å². The van der Waals surface area contributed by atoms with Crippen LogP contribution in [0.3, 0.4) is 0 Å². The fourth-order valence-corrected chi connectivity index (χ4v) is 3.25. The van der Waals surface area contributed by atoms with E-state index in [4.69, 9.17) is 0 Å². The van der Waals surface area contributed by atoms with Gasteiger partial charge in [0.15, 0.2) is 0 Å². The zero-order valence-electron chi connectivity index (χ0n) is 12.2. The molecule has 0 heterocycles. The van der Waals surface area contributed by atoms with Crippen molar-refractivity contribution in [3.8, 4) is 0 Å². The van der Waals surface area contributed by atoms with Gasteiger partial charge in [0.2, 0.25) is 0 Å². The maximum absolute atomic E-state index is 12.5. The molecule has 0 fully saturated rings. The Bertz CT molecular complexity index is 878. The van der Waals surface area contributed by atoms with Gasteiger partial charge >= 0.3 is 6.18 Å². The van der Waals surface area contributed by atoms with E-state index in [9.17, 15) is 31.7 Å². The molecule has 0 unspecified atom stereocenters. The third-order valence-electron chi connectivity index (χ3n) is 3.14. The Balaban J connectivity index is 2.35. The van der Waals surface area contributed by atoms with Gasteiger partial charge in [0.1, 0.15) is 0 Å². The van der Waals surface area contributed by atoms with Crippen LogP contribution in [0, 0.1) is 17.0 Å². The second kappa shape index (κ2) is 6.11. The highest BCUT2D eigenvalue weighted by Crippen LogP contribution is 2.30. The van der Waals surface area contributed by atoms with E-state index in [1.807, 2.05) is 0 Å². The monoisotopic (exact) mass is 360 g/mol. The van der Waals surface area contributed by atoms with Crippen molar-refractivity contribution in [2.45, 2.75) is 18.0 Å². The minimum Gasteiger partial charge on any atom is -0.280 e. The van der Waals surface area contributed by atoms with Crippen LogP contribution in [0.25, 0.3) is 0 Å². The lowest BCUT2D eigenvalue weighted by Gasteiger charge is -2.11. The molecule has 128 valence electrons. The molecule has 0 radical (unpaired) electrons. The van der Waals surface area contributed by atoms with Gasteiger partial charge in [-0.05, 0) is 36.8 Å². The van der Waals surface area contributed by atoms with Crippen LogP contribution in [0.15, 0.2) is 47.4 Å². The maximum atomic E-state index is 12.5. The number of hydrogen-bond donors (Lipinski definition) is 1. The van der Waals surface area contributed by atoms with Crippen LogP contribution >= 0.6 is 0 Å². The molecule has 0 amide bonds. The Kier molecular flexibility index (Phi) is 4.52. The highest BCUT2D eigenvalue weighted by Gasteiger charge is 2.30. The zero-order valence-corrected chi connectivity index (χ0v) is 13.0. The van der Waals surface area contributed by atoms with Gasteiger partial charge < -0.3 is 0 Å². The number of rotatable bonds is 4. The van der Waals surface area contributed by atoms with E-state index >= 15 is 0 Å². The Morgan fingerprint density at radius 2 is 1.67 bits per heavy atom. The molecule has 0 atom stereocenters. The maximum Gasteiger partial charge on any atom is 0.416 e. The van der Waals surface area contributed by atoms with Crippen molar-refractivity contribution >= 4 is 21.4 Å². The van der Waals surface area contributed by atoms with E-state index in [1.54, 1.807) is 0 Å². The number of alkyl halides is 3. The van der Waals surface area contributed by atoms with Gasteiger partial charge in [-0.15, -0.1) is 0 Å². The predicted molar refractivity (Wildman–Crippen MR) is 80.1 cm³/mol. The normalized spacial score (nSPS) is 12.0. The molecular formula is C14H11F3N2O4S. The van der Waals surface area contributed by atoms with Gasteiger partial charge in [-0.25, -0.2) is 8.42 Å². The van der Waals surface area contributed by atoms with E-state index in [0.29, 0.717) is 0 Å². The summed E-state index contributed by atoms with van der Waals surface area (Å²) in [5, 5.41) is 10.8. The first-order chi connectivity index (χ1) is 11.0. The van der Waals surface area contributed by atoms with Crippen LogP contribution in [0.1, 0.15) is 11.1 Å². The molecule has 0 aliphatic carbocycles. The topological polar surface area (TPSA) is 89.3 Å². The Labute approximate surface area is 135 Å².